The van der Waals surface area contributed by atoms with E-state index in [4.69, 9.17) is 0 Å². The van der Waals surface area contributed by atoms with Crippen LogP contribution in [0, 0.1) is 11.8 Å². The number of allylic oxidation sites excluding steroid dienone is 3. The molecule has 0 rings (SSSR count). The van der Waals surface area contributed by atoms with Crippen LogP contribution in [0.5, 0.6) is 0 Å². The van der Waals surface area contributed by atoms with Crippen LogP contribution in [0.15, 0.2) is 49.1 Å². The molecule has 0 amide bonds. The summed E-state index contributed by atoms with van der Waals surface area (Å²) in [6.45, 7) is 26.8. The second kappa shape index (κ2) is 8.68. The van der Waals surface area contributed by atoms with E-state index in [-0.39, 0.29) is 0 Å². The third-order valence-corrected chi connectivity index (χ3v) is 3.85. The fourth-order valence-electron chi connectivity index (χ4n) is 1.86. The minimum absolute atomic E-state index is 0.595. The molecule has 20 heavy (non-hydrogen) atoms. The van der Waals surface area contributed by atoms with E-state index in [9.17, 15) is 0 Å². The molecule has 0 spiro atoms. The van der Waals surface area contributed by atoms with Gasteiger partial charge in [0.05, 0.1) is 0 Å². The highest BCUT2D eigenvalue weighted by Gasteiger charge is 2.19. The molecule has 1 atom stereocenters. The van der Waals surface area contributed by atoms with Crippen LogP contribution in [0.3, 0.4) is 0 Å². The summed E-state index contributed by atoms with van der Waals surface area (Å²) < 4.78 is 0. The van der Waals surface area contributed by atoms with Gasteiger partial charge in [-0.25, -0.2) is 0 Å². The Balaban J connectivity index is 5.25. The zero-order valence-electron chi connectivity index (χ0n) is 14.2. The van der Waals surface area contributed by atoms with E-state index in [1.807, 2.05) is 13.0 Å². The van der Waals surface area contributed by atoms with E-state index in [0.29, 0.717) is 11.8 Å². The van der Waals surface area contributed by atoms with E-state index in [1.165, 1.54) is 5.70 Å². The molecule has 0 saturated carbocycles. The predicted molar refractivity (Wildman–Crippen MR) is 91.0 cm³/mol. The third kappa shape index (κ3) is 5.28. The lowest BCUT2D eigenvalue weighted by molar-refractivity contribution is 0.243. The zero-order chi connectivity index (χ0) is 15.9. The Morgan fingerprint density at radius 3 is 2.00 bits per heavy atom. The summed E-state index contributed by atoms with van der Waals surface area (Å²) in [5.41, 5.74) is 2.21. The lowest BCUT2D eigenvalue weighted by atomic mass is 9.97. The highest BCUT2D eigenvalue weighted by Crippen LogP contribution is 2.23. The van der Waals surface area contributed by atoms with Crippen molar-refractivity contribution < 1.29 is 0 Å². The van der Waals surface area contributed by atoms with Crippen LogP contribution in [0.2, 0.25) is 0 Å². The summed E-state index contributed by atoms with van der Waals surface area (Å²) in [5, 5.41) is 0. The zero-order valence-corrected chi connectivity index (χ0v) is 14.2. The molecule has 0 aromatic carbocycles. The number of nitrogens with zero attached hydrogens (tertiary/aromatic N) is 2. The van der Waals surface area contributed by atoms with Crippen LogP contribution < -0.4 is 0 Å². The maximum absolute atomic E-state index is 4.28. The molecular formula is C18H32N2. The Morgan fingerprint density at radius 2 is 1.65 bits per heavy atom. The summed E-state index contributed by atoms with van der Waals surface area (Å²) in [6.07, 6.45) is 4.01. The van der Waals surface area contributed by atoms with Gasteiger partial charge in [0.1, 0.15) is 5.82 Å². The molecule has 0 fully saturated rings. The van der Waals surface area contributed by atoms with E-state index < -0.39 is 0 Å². The number of hydrogen-bond acceptors (Lipinski definition) is 2. The van der Waals surface area contributed by atoms with E-state index in [1.54, 1.807) is 0 Å². The van der Waals surface area contributed by atoms with Crippen molar-refractivity contribution in [3.05, 3.63) is 49.1 Å². The third-order valence-electron chi connectivity index (χ3n) is 3.85. The second-order valence-electron chi connectivity index (χ2n) is 5.81. The van der Waals surface area contributed by atoms with Crippen LogP contribution in [0.4, 0.5) is 0 Å². The number of rotatable bonds is 9. The quantitative estimate of drug-likeness (QED) is 0.547. The minimum atomic E-state index is 0.595. The fourth-order valence-corrected chi connectivity index (χ4v) is 1.86. The van der Waals surface area contributed by atoms with Crippen LogP contribution in [-0.2, 0) is 0 Å². The molecule has 2 nitrogen and oxygen atoms in total. The molecule has 0 N–H and O–H groups in total. The first kappa shape index (κ1) is 18.6. The summed E-state index contributed by atoms with van der Waals surface area (Å²) in [6, 6.07) is 0. The predicted octanol–water partition coefficient (Wildman–Crippen LogP) is 5.00. The maximum Gasteiger partial charge on any atom is 0.105 e. The van der Waals surface area contributed by atoms with Gasteiger partial charge in [-0.1, -0.05) is 46.1 Å². The average molecular weight is 276 g/mol. The highest BCUT2D eigenvalue weighted by atomic mass is 15.3. The number of hydrogen-bond donors (Lipinski definition) is 0. The SMILES string of the molecule is C=CCN(C(=C)C)C(=C)N(CC(C)C(C)C)/C(C)=C/C. The molecule has 0 aliphatic heterocycles. The van der Waals surface area contributed by atoms with Gasteiger partial charge in [0.25, 0.3) is 0 Å². The largest absolute Gasteiger partial charge is 0.332 e. The van der Waals surface area contributed by atoms with Gasteiger partial charge in [0, 0.05) is 24.5 Å². The Labute approximate surface area is 126 Å². The molecule has 0 aromatic heterocycles. The summed E-state index contributed by atoms with van der Waals surface area (Å²) >= 11 is 0. The van der Waals surface area contributed by atoms with E-state index in [2.05, 4.69) is 70.2 Å². The summed E-state index contributed by atoms with van der Waals surface area (Å²) in [5.74, 6) is 2.21. The molecule has 0 heterocycles. The van der Waals surface area contributed by atoms with Crippen molar-refractivity contribution in [1.82, 2.24) is 9.80 Å². The first-order valence-electron chi connectivity index (χ1n) is 7.39. The van der Waals surface area contributed by atoms with Gasteiger partial charge >= 0.3 is 0 Å². The lowest BCUT2D eigenvalue weighted by Crippen LogP contribution is -2.36. The molecule has 2 heteroatoms. The lowest BCUT2D eigenvalue weighted by Gasteiger charge is -2.37. The van der Waals surface area contributed by atoms with Gasteiger partial charge in [0.15, 0.2) is 0 Å². The van der Waals surface area contributed by atoms with Crippen LogP contribution in [-0.4, -0.2) is 22.9 Å². The van der Waals surface area contributed by atoms with E-state index in [0.717, 1.165) is 24.6 Å². The van der Waals surface area contributed by atoms with Crippen molar-refractivity contribution >= 4 is 0 Å². The fraction of sp³-hybridized carbons (Fsp3) is 0.556. The minimum Gasteiger partial charge on any atom is -0.332 e. The Kier molecular flexibility index (Phi) is 8.05. The standard InChI is InChI=1S/C18H32N2/c1-10-12-19(15(5)6)18(9)20(17(8)11-2)13-16(7)14(3)4/h10-11,14,16H,1,5,9,12-13H2,2-4,6-8H3/b17-11+. The van der Waals surface area contributed by atoms with Crippen molar-refractivity contribution in [2.45, 2.75) is 41.5 Å². The maximum atomic E-state index is 4.28. The normalized spacial score (nSPS) is 13.1. The molecule has 114 valence electrons. The molecule has 0 aliphatic carbocycles. The van der Waals surface area contributed by atoms with Gasteiger partial charge in [-0.05, 0) is 32.6 Å². The highest BCUT2D eigenvalue weighted by molar-refractivity contribution is 5.13. The molecule has 0 radical (unpaired) electrons. The van der Waals surface area contributed by atoms with Gasteiger partial charge in [-0.15, -0.1) is 6.58 Å². The van der Waals surface area contributed by atoms with Crippen molar-refractivity contribution in [1.29, 1.82) is 0 Å². The molecule has 0 aromatic rings. The Bertz CT molecular complexity index is 377. The Morgan fingerprint density at radius 1 is 1.10 bits per heavy atom. The first-order valence-corrected chi connectivity index (χ1v) is 7.39. The smallest absolute Gasteiger partial charge is 0.105 e. The monoisotopic (exact) mass is 276 g/mol. The van der Waals surface area contributed by atoms with Crippen LogP contribution >= 0.6 is 0 Å². The van der Waals surface area contributed by atoms with Crippen molar-refractivity contribution in [3.8, 4) is 0 Å². The molecular weight excluding hydrogens is 244 g/mol. The van der Waals surface area contributed by atoms with Crippen LogP contribution in [0.25, 0.3) is 0 Å². The average Bonchev–Trinajstić information content (AvgIpc) is 2.39. The topological polar surface area (TPSA) is 6.48 Å². The molecule has 0 bridgehead atoms. The van der Waals surface area contributed by atoms with E-state index >= 15 is 0 Å². The summed E-state index contributed by atoms with van der Waals surface area (Å²) in [7, 11) is 0. The van der Waals surface area contributed by atoms with Gasteiger partial charge in [0.2, 0.25) is 0 Å². The van der Waals surface area contributed by atoms with Crippen molar-refractivity contribution in [3.63, 3.8) is 0 Å². The Hall–Kier alpha value is -1.44. The summed E-state index contributed by atoms with van der Waals surface area (Å²) in [4.78, 5) is 4.38. The van der Waals surface area contributed by atoms with Gasteiger partial charge in [-0.3, -0.25) is 0 Å². The van der Waals surface area contributed by atoms with Gasteiger partial charge in [-0.2, -0.15) is 0 Å². The molecule has 0 aliphatic rings. The molecule has 0 saturated heterocycles. The van der Waals surface area contributed by atoms with Crippen molar-refractivity contribution in [2.24, 2.45) is 11.8 Å². The van der Waals surface area contributed by atoms with Crippen molar-refractivity contribution in [2.75, 3.05) is 13.1 Å². The molecule has 1 unspecified atom stereocenters. The van der Waals surface area contributed by atoms with Crippen LogP contribution in [0.1, 0.15) is 41.5 Å². The first-order chi connectivity index (χ1) is 9.26. The second-order valence-corrected chi connectivity index (χ2v) is 5.81. The van der Waals surface area contributed by atoms with Gasteiger partial charge < -0.3 is 9.80 Å².